The Labute approximate surface area is 189 Å². The van der Waals surface area contributed by atoms with Crippen LogP contribution in [0.2, 0.25) is 0 Å². The van der Waals surface area contributed by atoms with Gasteiger partial charge in [-0.1, -0.05) is 60.7 Å². The zero-order valence-corrected chi connectivity index (χ0v) is 18.3. The van der Waals surface area contributed by atoms with Crippen LogP contribution in [0.4, 0.5) is 0 Å². The van der Waals surface area contributed by atoms with Crippen molar-refractivity contribution in [3.8, 4) is 17.2 Å². The van der Waals surface area contributed by atoms with Gasteiger partial charge in [-0.2, -0.15) is 10.4 Å². The molecule has 0 aliphatic carbocycles. The lowest BCUT2D eigenvalue weighted by Crippen LogP contribution is -2.12. The molecule has 1 atom stereocenters. The van der Waals surface area contributed by atoms with Gasteiger partial charge in [-0.05, 0) is 47.4 Å². The van der Waals surface area contributed by atoms with E-state index in [-0.39, 0.29) is 18.5 Å². The fourth-order valence-electron chi connectivity index (χ4n) is 3.67. The summed E-state index contributed by atoms with van der Waals surface area (Å²) in [5.74, 6) is 0. The third kappa shape index (κ3) is 4.86. The molecule has 0 saturated heterocycles. The highest BCUT2D eigenvalue weighted by molar-refractivity contribution is 5.85. The van der Waals surface area contributed by atoms with Crippen molar-refractivity contribution >= 4 is 12.4 Å². The molecule has 4 aromatic rings. The Morgan fingerprint density at radius 1 is 0.968 bits per heavy atom. The number of nitriles is 1. The Hall–Kier alpha value is -3.39. The van der Waals surface area contributed by atoms with Gasteiger partial charge < -0.3 is 4.74 Å². The van der Waals surface area contributed by atoms with Gasteiger partial charge in [0.2, 0.25) is 0 Å². The van der Waals surface area contributed by atoms with E-state index in [9.17, 15) is 5.26 Å². The number of hydrogen-bond acceptors (Lipinski definition) is 3. The lowest BCUT2D eigenvalue weighted by molar-refractivity contribution is 0.0615. The second-order valence-electron chi connectivity index (χ2n) is 7.29. The number of rotatable bonds is 6. The van der Waals surface area contributed by atoms with Crippen LogP contribution in [-0.4, -0.2) is 9.78 Å². The maximum absolute atomic E-state index is 9.68. The first kappa shape index (κ1) is 22.3. The fraction of sp³-hybridized carbons (Fsp3) is 0.154. The Morgan fingerprint density at radius 2 is 1.71 bits per heavy atom. The molecular weight excluding hydrogens is 406 g/mol. The number of aryl methyl sites for hydroxylation is 2. The molecule has 0 fully saturated rings. The third-order valence-corrected chi connectivity index (χ3v) is 5.29. The summed E-state index contributed by atoms with van der Waals surface area (Å²) in [4.78, 5) is 0. The number of halogens is 1. The molecule has 1 heterocycles. The second kappa shape index (κ2) is 10.1. The van der Waals surface area contributed by atoms with Gasteiger partial charge in [0.05, 0.1) is 23.9 Å². The maximum Gasteiger partial charge on any atom is 0.125 e. The van der Waals surface area contributed by atoms with E-state index in [1.54, 1.807) is 6.20 Å². The highest BCUT2D eigenvalue weighted by atomic mass is 35.5. The minimum atomic E-state index is -0.298. The molecule has 5 heteroatoms. The van der Waals surface area contributed by atoms with Crippen molar-refractivity contribution in [1.29, 1.82) is 5.26 Å². The minimum absolute atomic E-state index is 0. The molecule has 0 aliphatic rings. The van der Waals surface area contributed by atoms with Crippen molar-refractivity contribution in [2.45, 2.75) is 19.6 Å². The van der Waals surface area contributed by atoms with Crippen LogP contribution >= 0.6 is 12.4 Å². The van der Waals surface area contributed by atoms with Crippen molar-refractivity contribution in [3.05, 3.63) is 113 Å². The standard InChI is InChI=1S/C26H23N3O.ClH/c1-19-8-6-7-11-23(19)24-16-21(12-13-22(24)17-27)26(25-14-15-28-29(25)2)30-18-20-9-4-3-5-10-20;/h3-16,26H,18H2,1-2H3;1H. The molecule has 0 amide bonds. The summed E-state index contributed by atoms with van der Waals surface area (Å²) in [7, 11) is 1.92. The zero-order valence-electron chi connectivity index (χ0n) is 17.5. The van der Waals surface area contributed by atoms with Crippen LogP contribution in [0.3, 0.4) is 0 Å². The molecule has 0 aliphatic heterocycles. The van der Waals surface area contributed by atoms with Crippen LogP contribution in [0, 0.1) is 18.3 Å². The maximum atomic E-state index is 9.68. The van der Waals surface area contributed by atoms with Crippen LogP contribution in [0.1, 0.15) is 34.1 Å². The van der Waals surface area contributed by atoms with E-state index in [4.69, 9.17) is 4.74 Å². The molecule has 0 N–H and O–H groups in total. The number of ether oxygens (including phenoxy) is 1. The topological polar surface area (TPSA) is 50.8 Å². The highest BCUT2D eigenvalue weighted by Crippen LogP contribution is 2.33. The molecule has 31 heavy (non-hydrogen) atoms. The molecule has 0 bridgehead atoms. The Balaban J connectivity index is 0.00000272. The van der Waals surface area contributed by atoms with Gasteiger partial charge in [-0.25, -0.2) is 0 Å². The van der Waals surface area contributed by atoms with Crippen molar-refractivity contribution in [2.75, 3.05) is 0 Å². The molecule has 3 aromatic carbocycles. The van der Waals surface area contributed by atoms with Crippen molar-refractivity contribution in [3.63, 3.8) is 0 Å². The summed E-state index contributed by atoms with van der Waals surface area (Å²) in [6.07, 6.45) is 1.48. The van der Waals surface area contributed by atoms with Gasteiger partial charge >= 0.3 is 0 Å². The average molecular weight is 430 g/mol. The lowest BCUT2D eigenvalue weighted by Gasteiger charge is -2.20. The summed E-state index contributed by atoms with van der Waals surface area (Å²) in [6.45, 7) is 2.55. The van der Waals surface area contributed by atoms with E-state index < -0.39 is 0 Å². The zero-order chi connectivity index (χ0) is 20.9. The molecule has 4 nitrogen and oxygen atoms in total. The lowest BCUT2D eigenvalue weighted by atomic mass is 9.93. The molecular formula is C26H24ClN3O. The van der Waals surface area contributed by atoms with E-state index in [1.807, 2.05) is 60.3 Å². The number of benzene rings is 3. The Kier molecular flexibility index (Phi) is 7.25. The normalized spacial score (nSPS) is 11.4. The van der Waals surface area contributed by atoms with Crippen molar-refractivity contribution < 1.29 is 4.74 Å². The molecule has 0 spiro atoms. The van der Waals surface area contributed by atoms with E-state index in [0.29, 0.717) is 12.2 Å². The van der Waals surface area contributed by atoms with Crippen molar-refractivity contribution in [2.24, 2.45) is 7.05 Å². The van der Waals surface area contributed by atoms with Crippen molar-refractivity contribution in [1.82, 2.24) is 9.78 Å². The SMILES string of the molecule is Cc1ccccc1-c1cc(C(OCc2ccccc2)c2ccnn2C)ccc1C#N.Cl. The Bertz CT molecular complexity index is 1190. The highest BCUT2D eigenvalue weighted by Gasteiger charge is 2.20. The molecule has 0 saturated carbocycles. The first-order valence-electron chi connectivity index (χ1n) is 9.91. The summed E-state index contributed by atoms with van der Waals surface area (Å²) >= 11 is 0. The molecule has 1 aromatic heterocycles. The summed E-state index contributed by atoms with van der Waals surface area (Å²) in [6, 6.07) is 28.5. The molecule has 156 valence electrons. The fourth-order valence-corrected chi connectivity index (χ4v) is 3.67. The smallest absolute Gasteiger partial charge is 0.125 e. The first-order valence-corrected chi connectivity index (χ1v) is 9.91. The van der Waals surface area contributed by atoms with Crippen LogP contribution in [-0.2, 0) is 18.4 Å². The monoisotopic (exact) mass is 429 g/mol. The molecule has 4 rings (SSSR count). The van der Waals surface area contributed by atoms with Crippen LogP contribution in [0.25, 0.3) is 11.1 Å². The molecule has 1 unspecified atom stereocenters. The van der Waals surface area contributed by atoms with E-state index >= 15 is 0 Å². The quantitative estimate of drug-likeness (QED) is 0.378. The summed E-state index contributed by atoms with van der Waals surface area (Å²) in [5, 5.41) is 14.0. The first-order chi connectivity index (χ1) is 14.7. The number of nitrogens with zero attached hydrogens (tertiary/aromatic N) is 3. The van der Waals surface area contributed by atoms with E-state index in [2.05, 4.69) is 48.4 Å². The summed E-state index contributed by atoms with van der Waals surface area (Å²) in [5.41, 5.74) is 6.83. The van der Waals surface area contributed by atoms with Gasteiger partial charge in [0.1, 0.15) is 6.10 Å². The number of hydrogen-bond donors (Lipinski definition) is 0. The third-order valence-electron chi connectivity index (χ3n) is 5.29. The predicted molar refractivity (Wildman–Crippen MR) is 125 cm³/mol. The summed E-state index contributed by atoms with van der Waals surface area (Å²) < 4.78 is 8.22. The second-order valence-corrected chi connectivity index (χ2v) is 7.29. The molecule has 0 radical (unpaired) electrons. The van der Waals surface area contributed by atoms with Gasteiger partial charge in [-0.3, -0.25) is 4.68 Å². The van der Waals surface area contributed by atoms with Gasteiger partial charge in [-0.15, -0.1) is 12.4 Å². The average Bonchev–Trinajstić information content (AvgIpc) is 3.20. The largest absolute Gasteiger partial charge is 0.363 e. The predicted octanol–water partition coefficient (Wildman–Crippen LogP) is 6.00. The minimum Gasteiger partial charge on any atom is -0.363 e. The Morgan fingerprint density at radius 3 is 2.39 bits per heavy atom. The van der Waals surface area contributed by atoms with Gasteiger partial charge in [0.25, 0.3) is 0 Å². The van der Waals surface area contributed by atoms with Crippen LogP contribution < -0.4 is 0 Å². The van der Waals surface area contributed by atoms with Crippen LogP contribution in [0.5, 0.6) is 0 Å². The van der Waals surface area contributed by atoms with E-state index in [1.165, 1.54) is 0 Å². The van der Waals surface area contributed by atoms with Gasteiger partial charge in [0.15, 0.2) is 0 Å². The van der Waals surface area contributed by atoms with Crippen LogP contribution in [0.15, 0.2) is 85.1 Å². The van der Waals surface area contributed by atoms with E-state index in [0.717, 1.165) is 33.5 Å². The van der Waals surface area contributed by atoms with Gasteiger partial charge in [0, 0.05) is 18.8 Å². The number of aromatic nitrogens is 2.